The van der Waals surface area contributed by atoms with E-state index in [2.05, 4.69) is 19.1 Å². The molecule has 1 aliphatic rings. The molecule has 1 aromatic rings. The van der Waals surface area contributed by atoms with Crippen LogP contribution in [0.3, 0.4) is 0 Å². The van der Waals surface area contributed by atoms with Crippen LogP contribution in [0.25, 0.3) is 0 Å². The lowest BCUT2D eigenvalue weighted by atomic mass is 9.81. The van der Waals surface area contributed by atoms with E-state index in [9.17, 15) is 4.79 Å². The van der Waals surface area contributed by atoms with Crippen LogP contribution < -0.4 is 0 Å². The molecule has 1 saturated carbocycles. The summed E-state index contributed by atoms with van der Waals surface area (Å²) in [6.07, 6.45) is 2.11. The zero-order chi connectivity index (χ0) is 12.6. The smallest absolute Gasteiger partial charge is 0.311 e. The number of thiophene rings is 1. The molecule has 0 N–H and O–H groups in total. The van der Waals surface area contributed by atoms with Crippen molar-refractivity contribution in [1.82, 2.24) is 0 Å². The van der Waals surface area contributed by atoms with Crippen molar-refractivity contribution in [1.29, 1.82) is 0 Å². The van der Waals surface area contributed by atoms with E-state index in [0.717, 1.165) is 12.8 Å². The van der Waals surface area contributed by atoms with Crippen molar-refractivity contribution in [3.8, 4) is 0 Å². The van der Waals surface area contributed by atoms with E-state index in [1.165, 1.54) is 9.75 Å². The summed E-state index contributed by atoms with van der Waals surface area (Å²) in [5.74, 6) is 0.523. The Kier molecular flexibility index (Phi) is 3.30. The molecular formula is C14H20O2S. The molecule has 0 saturated heterocycles. The third-order valence-electron chi connectivity index (χ3n) is 3.14. The van der Waals surface area contributed by atoms with Gasteiger partial charge in [0.15, 0.2) is 0 Å². The second-order valence-corrected chi connectivity index (χ2v) is 7.21. The Labute approximate surface area is 107 Å². The van der Waals surface area contributed by atoms with Crippen LogP contribution in [0.5, 0.6) is 0 Å². The number of hydrogen-bond donors (Lipinski definition) is 0. The standard InChI is InChI=1S/C14H20O2S/c1-9-5-6-12(17-9)10-7-11(8-10)16-13(15)14(2,3)4/h5-6,10-11H,7-8H2,1-4H3. The Hall–Kier alpha value is -0.830. The Bertz CT molecular complexity index is 408. The second kappa shape index (κ2) is 4.45. The minimum absolute atomic E-state index is 0.0803. The normalized spacial score (nSPS) is 24.2. The van der Waals surface area contributed by atoms with E-state index in [-0.39, 0.29) is 17.5 Å². The van der Waals surface area contributed by atoms with E-state index in [4.69, 9.17) is 4.74 Å². The summed E-state index contributed by atoms with van der Waals surface area (Å²) in [6.45, 7) is 7.82. The molecule has 1 heterocycles. The Morgan fingerprint density at radius 3 is 2.47 bits per heavy atom. The third-order valence-corrected chi connectivity index (χ3v) is 4.31. The molecule has 17 heavy (non-hydrogen) atoms. The summed E-state index contributed by atoms with van der Waals surface area (Å²) >= 11 is 1.86. The molecule has 1 aromatic heterocycles. The molecule has 2 rings (SSSR count). The van der Waals surface area contributed by atoms with Gasteiger partial charge in [-0.3, -0.25) is 4.79 Å². The van der Waals surface area contributed by atoms with Crippen LogP contribution in [0.2, 0.25) is 0 Å². The summed E-state index contributed by atoms with van der Waals surface area (Å²) in [5.41, 5.74) is -0.384. The van der Waals surface area contributed by atoms with Gasteiger partial charge in [0.2, 0.25) is 0 Å². The highest BCUT2D eigenvalue weighted by Crippen LogP contribution is 2.42. The molecule has 94 valence electrons. The molecule has 0 bridgehead atoms. The maximum absolute atomic E-state index is 11.7. The maximum atomic E-state index is 11.7. The first-order chi connectivity index (χ1) is 7.86. The molecule has 1 fully saturated rings. The molecular weight excluding hydrogens is 232 g/mol. The van der Waals surface area contributed by atoms with Crippen LogP contribution >= 0.6 is 11.3 Å². The number of rotatable bonds is 2. The molecule has 0 aromatic carbocycles. The lowest BCUT2D eigenvalue weighted by Gasteiger charge is -2.35. The Morgan fingerprint density at radius 2 is 2.00 bits per heavy atom. The second-order valence-electron chi connectivity index (χ2n) is 5.89. The molecule has 0 aliphatic heterocycles. The van der Waals surface area contributed by atoms with Gasteiger partial charge < -0.3 is 4.74 Å². The Balaban J connectivity index is 1.82. The number of aryl methyl sites for hydroxylation is 1. The van der Waals surface area contributed by atoms with Crippen LogP contribution in [0.1, 0.15) is 49.3 Å². The fourth-order valence-corrected chi connectivity index (χ4v) is 2.90. The number of hydrogen-bond acceptors (Lipinski definition) is 3. The van der Waals surface area contributed by atoms with Crippen molar-refractivity contribution in [2.75, 3.05) is 0 Å². The molecule has 1 aliphatic carbocycles. The first-order valence-electron chi connectivity index (χ1n) is 6.13. The highest BCUT2D eigenvalue weighted by molar-refractivity contribution is 7.12. The van der Waals surface area contributed by atoms with Crippen LogP contribution in [0, 0.1) is 12.3 Å². The lowest BCUT2D eigenvalue weighted by molar-refractivity contribution is -0.163. The van der Waals surface area contributed by atoms with Crippen molar-refractivity contribution in [3.05, 3.63) is 21.9 Å². The summed E-state index contributed by atoms with van der Waals surface area (Å²) < 4.78 is 5.47. The monoisotopic (exact) mass is 252 g/mol. The fraction of sp³-hybridized carbons (Fsp3) is 0.643. The van der Waals surface area contributed by atoms with Gasteiger partial charge in [0, 0.05) is 15.7 Å². The van der Waals surface area contributed by atoms with Gasteiger partial charge in [-0.25, -0.2) is 0 Å². The van der Waals surface area contributed by atoms with Crippen LogP contribution in [-0.4, -0.2) is 12.1 Å². The Morgan fingerprint density at radius 1 is 1.35 bits per heavy atom. The van der Waals surface area contributed by atoms with Crippen molar-refractivity contribution in [2.24, 2.45) is 5.41 Å². The van der Waals surface area contributed by atoms with Gasteiger partial charge in [-0.15, -0.1) is 11.3 Å². The van der Waals surface area contributed by atoms with Crippen molar-refractivity contribution < 1.29 is 9.53 Å². The fourth-order valence-electron chi connectivity index (χ4n) is 1.90. The van der Waals surface area contributed by atoms with Crippen LogP contribution in [0.15, 0.2) is 12.1 Å². The SMILES string of the molecule is Cc1ccc(C2CC(OC(=O)C(C)(C)C)C2)s1. The predicted octanol–water partition coefficient (Wildman–Crippen LogP) is 3.89. The third kappa shape index (κ3) is 2.89. The first-order valence-corrected chi connectivity index (χ1v) is 6.95. The van der Waals surface area contributed by atoms with Gasteiger partial charge >= 0.3 is 5.97 Å². The van der Waals surface area contributed by atoms with Crippen molar-refractivity contribution >= 4 is 17.3 Å². The van der Waals surface area contributed by atoms with Gasteiger partial charge in [0.1, 0.15) is 6.10 Å². The molecule has 0 atom stereocenters. The van der Waals surface area contributed by atoms with Crippen LogP contribution in [-0.2, 0) is 9.53 Å². The molecule has 2 nitrogen and oxygen atoms in total. The summed E-state index contributed by atoms with van der Waals surface area (Å²) in [6, 6.07) is 4.36. The highest BCUT2D eigenvalue weighted by atomic mass is 32.1. The molecule has 0 spiro atoms. The zero-order valence-corrected chi connectivity index (χ0v) is 11.8. The average Bonchev–Trinajstić information content (AvgIpc) is 2.55. The molecule has 0 radical (unpaired) electrons. The summed E-state index contributed by atoms with van der Waals surface area (Å²) in [7, 11) is 0. The van der Waals surface area contributed by atoms with Crippen LogP contribution in [0.4, 0.5) is 0 Å². The number of esters is 1. The van der Waals surface area contributed by atoms with Gasteiger partial charge in [-0.1, -0.05) is 0 Å². The van der Waals surface area contributed by atoms with Gasteiger partial charge in [-0.05, 0) is 52.7 Å². The van der Waals surface area contributed by atoms with Gasteiger partial charge in [-0.2, -0.15) is 0 Å². The van der Waals surface area contributed by atoms with E-state index in [0.29, 0.717) is 5.92 Å². The number of carbonyl (C=O) groups excluding carboxylic acids is 1. The maximum Gasteiger partial charge on any atom is 0.311 e. The van der Waals surface area contributed by atoms with E-state index >= 15 is 0 Å². The largest absolute Gasteiger partial charge is 0.462 e. The summed E-state index contributed by atoms with van der Waals surface area (Å²) in [5, 5.41) is 0. The first kappa shape index (κ1) is 12.6. The molecule has 0 amide bonds. The van der Waals surface area contributed by atoms with Crippen molar-refractivity contribution in [2.45, 2.75) is 52.6 Å². The minimum atomic E-state index is -0.384. The number of ether oxygens (including phenoxy) is 1. The number of carbonyl (C=O) groups is 1. The van der Waals surface area contributed by atoms with Crippen molar-refractivity contribution in [3.63, 3.8) is 0 Å². The van der Waals surface area contributed by atoms with E-state index in [1.807, 2.05) is 32.1 Å². The summed E-state index contributed by atoms with van der Waals surface area (Å²) in [4.78, 5) is 14.5. The topological polar surface area (TPSA) is 26.3 Å². The lowest BCUT2D eigenvalue weighted by Crippen LogP contribution is -2.35. The molecule has 0 unspecified atom stereocenters. The average molecular weight is 252 g/mol. The quantitative estimate of drug-likeness (QED) is 0.746. The highest BCUT2D eigenvalue weighted by Gasteiger charge is 2.36. The minimum Gasteiger partial charge on any atom is -0.462 e. The van der Waals surface area contributed by atoms with Gasteiger partial charge in [0.25, 0.3) is 0 Å². The molecule has 3 heteroatoms. The predicted molar refractivity (Wildman–Crippen MR) is 70.4 cm³/mol. The van der Waals surface area contributed by atoms with Gasteiger partial charge in [0.05, 0.1) is 5.41 Å². The van der Waals surface area contributed by atoms with E-state index < -0.39 is 0 Å². The zero-order valence-electron chi connectivity index (χ0n) is 10.9. The van der Waals surface area contributed by atoms with E-state index in [1.54, 1.807) is 0 Å².